The third-order valence-corrected chi connectivity index (χ3v) is 3.09. The minimum absolute atomic E-state index is 0.212. The van der Waals surface area contributed by atoms with Gasteiger partial charge in [0.25, 0.3) is 5.91 Å². The van der Waals surface area contributed by atoms with Crippen LogP contribution in [0.2, 0.25) is 0 Å². The van der Waals surface area contributed by atoms with E-state index in [4.69, 9.17) is 0 Å². The van der Waals surface area contributed by atoms with E-state index < -0.39 is 0 Å². The molecular formula is C16H19FN4O. The van der Waals surface area contributed by atoms with Gasteiger partial charge in [-0.1, -0.05) is 19.8 Å². The Balaban J connectivity index is 1.89. The lowest BCUT2D eigenvalue weighted by Crippen LogP contribution is -2.15. The van der Waals surface area contributed by atoms with Gasteiger partial charge in [-0.25, -0.2) is 4.39 Å². The molecule has 0 bridgehead atoms. The Kier molecular flexibility index (Phi) is 5.82. The zero-order chi connectivity index (χ0) is 15.8. The third kappa shape index (κ3) is 4.80. The number of anilines is 2. The van der Waals surface area contributed by atoms with Crippen LogP contribution in [-0.2, 0) is 0 Å². The minimum Gasteiger partial charge on any atom is -0.369 e. The number of benzene rings is 1. The second kappa shape index (κ2) is 8.07. The highest BCUT2D eigenvalue weighted by molar-refractivity contribution is 6.02. The molecule has 0 saturated carbocycles. The minimum atomic E-state index is -0.378. The predicted molar refractivity (Wildman–Crippen MR) is 84.4 cm³/mol. The molecule has 5 nitrogen and oxygen atoms in total. The molecule has 0 aliphatic rings. The standard InChI is InChI=1S/C16H19FN4O/c1-2-3-4-11-18-15-10-9-14(20-21-15)16(22)19-13-7-5-12(17)6-8-13/h5-10H,2-4,11H2,1H3,(H,18,21)(H,19,22). The fourth-order valence-corrected chi connectivity index (χ4v) is 1.87. The van der Waals surface area contributed by atoms with Gasteiger partial charge in [0.15, 0.2) is 5.69 Å². The molecule has 0 unspecified atom stereocenters. The fourth-order valence-electron chi connectivity index (χ4n) is 1.87. The number of unbranched alkanes of at least 4 members (excludes halogenated alkanes) is 2. The number of rotatable bonds is 7. The Morgan fingerprint density at radius 2 is 1.86 bits per heavy atom. The Morgan fingerprint density at radius 1 is 1.09 bits per heavy atom. The maximum Gasteiger partial charge on any atom is 0.276 e. The molecule has 0 fully saturated rings. The second-order valence-corrected chi connectivity index (χ2v) is 4.90. The van der Waals surface area contributed by atoms with E-state index in [1.54, 1.807) is 12.1 Å². The Hall–Kier alpha value is -2.50. The van der Waals surface area contributed by atoms with Gasteiger partial charge < -0.3 is 10.6 Å². The van der Waals surface area contributed by atoms with E-state index in [2.05, 4.69) is 27.8 Å². The SMILES string of the molecule is CCCCCNc1ccc(C(=O)Nc2ccc(F)cc2)nn1. The zero-order valence-electron chi connectivity index (χ0n) is 12.5. The molecule has 0 saturated heterocycles. The molecule has 0 radical (unpaired) electrons. The van der Waals surface area contributed by atoms with Crippen LogP contribution in [0.5, 0.6) is 0 Å². The van der Waals surface area contributed by atoms with Crippen molar-refractivity contribution >= 4 is 17.4 Å². The first-order chi connectivity index (χ1) is 10.7. The highest BCUT2D eigenvalue weighted by Crippen LogP contribution is 2.10. The Labute approximate surface area is 129 Å². The molecule has 2 aromatic rings. The summed E-state index contributed by atoms with van der Waals surface area (Å²) in [6.07, 6.45) is 3.40. The molecule has 1 aromatic carbocycles. The summed E-state index contributed by atoms with van der Waals surface area (Å²) in [7, 11) is 0. The van der Waals surface area contributed by atoms with E-state index in [9.17, 15) is 9.18 Å². The summed E-state index contributed by atoms with van der Waals surface area (Å²) < 4.78 is 12.8. The molecular weight excluding hydrogens is 283 g/mol. The van der Waals surface area contributed by atoms with Gasteiger partial charge in [0.2, 0.25) is 0 Å². The lowest BCUT2D eigenvalue weighted by Gasteiger charge is -2.06. The number of hydrogen-bond acceptors (Lipinski definition) is 4. The van der Waals surface area contributed by atoms with Crippen LogP contribution in [0.3, 0.4) is 0 Å². The van der Waals surface area contributed by atoms with Crippen molar-refractivity contribution in [1.29, 1.82) is 0 Å². The van der Waals surface area contributed by atoms with Crippen molar-refractivity contribution in [3.05, 3.63) is 47.9 Å². The van der Waals surface area contributed by atoms with Gasteiger partial charge in [-0.15, -0.1) is 10.2 Å². The fraction of sp³-hybridized carbons (Fsp3) is 0.312. The molecule has 0 spiro atoms. The van der Waals surface area contributed by atoms with Crippen LogP contribution >= 0.6 is 0 Å². The topological polar surface area (TPSA) is 66.9 Å². The van der Waals surface area contributed by atoms with Crippen LogP contribution in [-0.4, -0.2) is 22.6 Å². The van der Waals surface area contributed by atoms with Crippen molar-refractivity contribution in [2.24, 2.45) is 0 Å². The van der Waals surface area contributed by atoms with Crippen LogP contribution in [0.15, 0.2) is 36.4 Å². The summed E-state index contributed by atoms with van der Waals surface area (Å²) in [6, 6.07) is 8.87. The Bertz CT molecular complexity index is 599. The summed E-state index contributed by atoms with van der Waals surface area (Å²) in [5.41, 5.74) is 0.721. The van der Waals surface area contributed by atoms with Crippen molar-refractivity contribution in [3.63, 3.8) is 0 Å². The quantitative estimate of drug-likeness (QED) is 0.769. The molecule has 1 aromatic heterocycles. The van der Waals surface area contributed by atoms with Crippen molar-refractivity contribution in [3.8, 4) is 0 Å². The normalized spacial score (nSPS) is 10.3. The van der Waals surface area contributed by atoms with Crippen molar-refractivity contribution in [2.45, 2.75) is 26.2 Å². The molecule has 0 atom stereocenters. The van der Waals surface area contributed by atoms with E-state index >= 15 is 0 Å². The first-order valence-corrected chi connectivity index (χ1v) is 7.33. The van der Waals surface area contributed by atoms with E-state index in [0.717, 1.165) is 19.4 Å². The van der Waals surface area contributed by atoms with Gasteiger partial charge in [-0.05, 0) is 42.8 Å². The van der Waals surface area contributed by atoms with Crippen LogP contribution in [0.1, 0.15) is 36.7 Å². The summed E-state index contributed by atoms with van der Waals surface area (Å²) in [5.74, 6) is -0.0811. The molecule has 2 N–H and O–H groups in total. The summed E-state index contributed by atoms with van der Waals surface area (Å²) >= 11 is 0. The van der Waals surface area contributed by atoms with Crippen molar-refractivity contribution < 1.29 is 9.18 Å². The van der Waals surface area contributed by atoms with Gasteiger partial charge >= 0.3 is 0 Å². The van der Waals surface area contributed by atoms with Crippen LogP contribution in [0.4, 0.5) is 15.9 Å². The summed E-state index contributed by atoms with van der Waals surface area (Å²) in [6.45, 7) is 2.98. The van der Waals surface area contributed by atoms with E-state index in [0.29, 0.717) is 11.5 Å². The first kappa shape index (κ1) is 15.9. The monoisotopic (exact) mass is 302 g/mol. The molecule has 0 aliphatic carbocycles. The Morgan fingerprint density at radius 3 is 2.50 bits per heavy atom. The molecule has 116 valence electrons. The summed E-state index contributed by atoms with van der Waals surface area (Å²) in [4.78, 5) is 12.0. The molecule has 2 rings (SSSR count). The van der Waals surface area contributed by atoms with Crippen LogP contribution < -0.4 is 10.6 Å². The lowest BCUT2D eigenvalue weighted by atomic mass is 10.2. The largest absolute Gasteiger partial charge is 0.369 e. The highest BCUT2D eigenvalue weighted by Gasteiger charge is 2.08. The van der Waals surface area contributed by atoms with Gasteiger partial charge in [-0.2, -0.15) is 0 Å². The number of nitrogens with zero attached hydrogens (tertiary/aromatic N) is 2. The molecule has 1 heterocycles. The predicted octanol–water partition coefficient (Wildman–Crippen LogP) is 3.47. The number of nitrogens with one attached hydrogen (secondary N) is 2. The average Bonchev–Trinajstić information content (AvgIpc) is 2.54. The third-order valence-electron chi connectivity index (χ3n) is 3.09. The first-order valence-electron chi connectivity index (χ1n) is 7.33. The number of hydrogen-bond donors (Lipinski definition) is 2. The zero-order valence-corrected chi connectivity index (χ0v) is 12.5. The number of carbonyl (C=O) groups is 1. The maximum atomic E-state index is 12.8. The van der Waals surface area contributed by atoms with E-state index in [-0.39, 0.29) is 17.4 Å². The second-order valence-electron chi connectivity index (χ2n) is 4.90. The van der Waals surface area contributed by atoms with Gasteiger partial charge in [-0.3, -0.25) is 4.79 Å². The number of halogens is 1. The average molecular weight is 302 g/mol. The molecule has 22 heavy (non-hydrogen) atoms. The number of carbonyl (C=O) groups excluding carboxylic acids is 1. The van der Waals surface area contributed by atoms with Gasteiger partial charge in [0.1, 0.15) is 11.6 Å². The van der Waals surface area contributed by atoms with E-state index in [1.165, 1.54) is 30.7 Å². The van der Waals surface area contributed by atoms with Crippen LogP contribution in [0, 0.1) is 5.82 Å². The van der Waals surface area contributed by atoms with Crippen molar-refractivity contribution in [1.82, 2.24) is 10.2 Å². The molecule has 6 heteroatoms. The highest BCUT2D eigenvalue weighted by atomic mass is 19.1. The van der Waals surface area contributed by atoms with Crippen molar-refractivity contribution in [2.75, 3.05) is 17.2 Å². The van der Waals surface area contributed by atoms with E-state index in [1.807, 2.05) is 0 Å². The lowest BCUT2D eigenvalue weighted by molar-refractivity contribution is 0.102. The van der Waals surface area contributed by atoms with Gasteiger partial charge in [0.05, 0.1) is 0 Å². The smallest absolute Gasteiger partial charge is 0.276 e. The van der Waals surface area contributed by atoms with Crippen LogP contribution in [0.25, 0.3) is 0 Å². The molecule has 0 aliphatic heterocycles. The molecule has 1 amide bonds. The summed E-state index contributed by atoms with van der Waals surface area (Å²) in [5, 5.41) is 13.7. The number of aromatic nitrogens is 2. The van der Waals surface area contributed by atoms with Gasteiger partial charge in [0, 0.05) is 12.2 Å². The number of amides is 1. The maximum absolute atomic E-state index is 12.8.